The second-order valence-electron chi connectivity index (χ2n) is 30.9. The Balaban J connectivity index is 0.000000105. The summed E-state index contributed by atoms with van der Waals surface area (Å²) in [7, 11) is -1.26. The first-order chi connectivity index (χ1) is 63.5. The van der Waals surface area contributed by atoms with E-state index in [0.29, 0.717) is 91.6 Å². The molecule has 24 rings (SSSR count). The molecule has 0 unspecified atom stereocenters. The van der Waals surface area contributed by atoms with Gasteiger partial charge in [-0.3, -0.25) is 54.8 Å². The SMILES string of the molecule is CC(=O)c1ccc(-c2nccc3[nH]c(-c4n[nH]c5ccc(-c6cccnc6)cc45)nc23)s1.CS(=O)(=O)CCc1cc(F)cc(-c2nccc3[nH]c(-c4n[nH]c5ccc(-c6cncnc6)cc45)nc23)c1.Cn1cc(-c2ccc3[nH]nc(-c4nc5c(N6CCOCC6)nccc5[nH]4)c3c2)cn1.Fc1cccc(-c2nccc3[nH]c(-c4n[nH]c5ccc(-c6ccccn6)cc45)nc23)c1. The van der Waals surface area contributed by atoms with Crippen LogP contribution in [0.4, 0.5) is 14.6 Å². The van der Waals surface area contributed by atoms with Crippen LogP contribution in [0.25, 0.3) is 212 Å². The molecule has 0 atom stereocenters. The number of H-pyrrole nitrogens is 8. The van der Waals surface area contributed by atoms with E-state index in [9.17, 15) is 22.0 Å². The van der Waals surface area contributed by atoms with Crippen LogP contribution in [0.2, 0.25) is 0 Å². The highest BCUT2D eigenvalue weighted by Crippen LogP contribution is 2.40. The molecular formula is C95H71F2N27O4S2. The number of pyridine rings is 6. The van der Waals surface area contributed by atoms with Crippen molar-refractivity contribution in [2.45, 2.75) is 13.3 Å². The Morgan fingerprint density at radius 3 is 1.47 bits per heavy atom. The Hall–Kier alpha value is -16.8. The summed E-state index contributed by atoms with van der Waals surface area (Å²) >= 11 is 1.42. The van der Waals surface area contributed by atoms with Crippen LogP contribution in [0, 0.1) is 11.6 Å². The first kappa shape index (κ1) is 80.3. The summed E-state index contributed by atoms with van der Waals surface area (Å²) in [6, 6.07) is 56.2. The van der Waals surface area contributed by atoms with E-state index < -0.39 is 15.7 Å². The van der Waals surface area contributed by atoms with E-state index in [1.54, 1.807) is 73.2 Å². The Morgan fingerprint density at radius 2 is 0.938 bits per heavy atom. The van der Waals surface area contributed by atoms with Gasteiger partial charge in [0.2, 0.25) is 0 Å². The van der Waals surface area contributed by atoms with Gasteiger partial charge in [-0.05, 0) is 169 Å². The summed E-state index contributed by atoms with van der Waals surface area (Å²) in [4.78, 5) is 83.2. The smallest absolute Gasteiger partial charge is 0.169 e. The number of anilines is 1. The van der Waals surface area contributed by atoms with Gasteiger partial charge in [-0.15, -0.1) is 11.3 Å². The van der Waals surface area contributed by atoms with Gasteiger partial charge in [0.15, 0.2) is 34.9 Å². The van der Waals surface area contributed by atoms with Crippen LogP contribution >= 0.6 is 11.3 Å². The van der Waals surface area contributed by atoms with Gasteiger partial charge in [-0.2, -0.15) is 25.5 Å². The zero-order valence-electron chi connectivity index (χ0n) is 69.2. The van der Waals surface area contributed by atoms with E-state index in [-0.39, 0.29) is 23.8 Å². The predicted molar refractivity (Wildman–Crippen MR) is 496 cm³/mol. The second-order valence-corrected chi connectivity index (χ2v) is 34.3. The highest BCUT2D eigenvalue weighted by atomic mass is 32.2. The largest absolute Gasteiger partial charge is 0.378 e. The van der Waals surface area contributed by atoms with Gasteiger partial charge in [-0.1, -0.05) is 48.5 Å². The summed E-state index contributed by atoms with van der Waals surface area (Å²) in [5.74, 6) is 2.62. The molecule has 130 heavy (non-hydrogen) atoms. The third-order valence-corrected chi connectivity index (χ3v) is 24.3. The number of hydrogen-bond acceptors (Lipinski definition) is 23. The normalized spacial score (nSPS) is 12.3. The number of thiophene rings is 1. The third-order valence-electron chi connectivity index (χ3n) is 22.2. The zero-order valence-corrected chi connectivity index (χ0v) is 70.8. The molecule has 1 fully saturated rings. The van der Waals surface area contributed by atoms with Gasteiger partial charge in [0.1, 0.15) is 78.3 Å². The van der Waals surface area contributed by atoms with Crippen LogP contribution in [-0.4, -0.2) is 183 Å². The lowest BCUT2D eigenvalue weighted by Gasteiger charge is -2.27. The monoisotopic (exact) mass is 1760 g/mol. The molecule has 0 aliphatic carbocycles. The Morgan fingerprint density at radius 1 is 0.431 bits per heavy atom. The average molecular weight is 1760 g/mol. The number of halogens is 2. The molecule has 1 saturated heterocycles. The van der Waals surface area contributed by atoms with Crippen LogP contribution in [0.5, 0.6) is 0 Å². The number of ketones is 1. The Labute approximate surface area is 739 Å². The molecular weight excluding hydrogens is 1690 g/mol. The molecule has 0 spiro atoms. The van der Waals surface area contributed by atoms with Crippen molar-refractivity contribution >= 4 is 121 Å². The van der Waals surface area contributed by atoms with Crippen molar-refractivity contribution in [2.24, 2.45) is 7.05 Å². The number of aryl methyl sites for hydroxylation is 2. The number of aromatic amines is 8. The number of carbonyl (C=O) groups is 1. The molecule has 0 amide bonds. The number of ether oxygens (including phenoxy) is 1. The van der Waals surface area contributed by atoms with Crippen LogP contribution in [-0.2, 0) is 28.0 Å². The van der Waals surface area contributed by atoms with Crippen LogP contribution in [0.15, 0.2) is 256 Å². The van der Waals surface area contributed by atoms with E-state index >= 15 is 0 Å². The number of benzene rings is 6. The maximum atomic E-state index is 14.5. The van der Waals surface area contributed by atoms with Crippen molar-refractivity contribution in [3.63, 3.8) is 0 Å². The van der Waals surface area contributed by atoms with Crippen molar-refractivity contribution in [3.8, 4) is 124 Å². The zero-order chi connectivity index (χ0) is 88.1. The molecule has 1 aliphatic rings. The van der Waals surface area contributed by atoms with Gasteiger partial charge in [-0.25, -0.2) is 52.1 Å². The van der Waals surface area contributed by atoms with E-state index in [2.05, 4.69) is 135 Å². The molecule has 35 heteroatoms. The number of imidazole rings is 4. The van der Waals surface area contributed by atoms with Gasteiger partial charge >= 0.3 is 0 Å². The maximum Gasteiger partial charge on any atom is 0.169 e. The van der Waals surface area contributed by atoms with Crippen molar-refractivity contribution in [2.75, 3.05) is 43.2 Å². The highest BCUT2D eigenvalue weighted by molar-refractivity contribution is 7.90. The lowest BCUT2D eigenvalue weighted by molar-refractivity contribution is 0.102. The molecule has 636 valence electrons. The summed E-state index contributed by atoms with van der Waals surface area (Å²) in [5.41, 5.74) is 24.2. The van der Waals surface area contributed by atoms with E-state index in [4.69, 9.17) is 24.7 Å². The number of carbonyl (C=O) groups excluding carboxylic acids is 1. The van der Waals surface area contributed by atoms with Gasteiger partial charge in [0, 0.05) is 143 Å². The standard InChI is InChI=1S/C26H20FN7O2S.C24H15FN6.C24H16N6OS.C21H20N8O/c1-37(35,36)7-5-15-8-17(10-19(27)9-15)23-25-22(4-6-30-23)31-26(32-25)24-20-11-16(2-3-21(20)33-34-24)18-12-28-14-29-13-18;25-16-5-3-4-15(12-16)21-23-20(9-11-27-21)28-24(29-23)22-17-13-14(7-8-19(17)30-31-22)18-6-1-2-10-26-18;1-13(31)19-6-7-20(32-19)23-22-18(8-10-26-23)27-24(28-22)21-16-11-14(4-5-17(16)29-30-21)15-3-2-9-25-12-15;1-28-12-14(11-23-28)13-2-3-16-15(10-13)18(27-26-16)20-24-17-4-5-22-21(19(17)25-20)29-6-8-30-9-7-29/h2-4,6,8-14H,5,7H2,1H3,(H,31,32)(H,33,34);1-13H,(H,28,29)(H,30,31);2-12H,1H3,(H,27,28)(H,29,30);2-5,10-12H,6-9H2,1H3,(H,24,25)(H,26,27). The molecule has 1 aliphatic heterocycles. The van der Waals surface area contributed by atoms with E-state index in [1.165, 1.54) is 41.9 Å². The average Bonchev–Trinajstić information content (AvgIpc) is 1.59. The molecule has 0 saturated carbocycles. The number of rotatable bonds is 16. The fourth-order valence-electron chi connectivity index (χ4n) is 15.9. The fraction of sp³-hybridized carbons (Fsp3) is 0.0947. The van der Waals surface area contributed by atoms with Gasteiger partial charge < -0.3 is 29.6 Å². The summed E-state index contributed by atoms with van der Waals surface area (Å²) < 4.78 is 58.7. The minimum atomic E-state index is -3.18. The highest BCUT2D eigenvalue weighted by Gasteiger charge is 2.25. The minimum absolute atomic E-state index is 0.0450. The number of fused-ring (bicyclic) bond motifs is 8. The third kappa shape index (κ3) is 16.1. The lowest BCUT2D eigenvalue weighted by Crippen LogP contribution is -2.36. The quantitative estimate of drug-likeness (QED) is 0.0416. The Bertz CT molecular complexity index is 8340. The molecule has 23 aromatic rings. The number of Topliss-reactive ketones (excluding diaryl/α,β-unsaturated/α-hetero) is 1. The van der Waals surface area contributed by atoms with Crippen LogP contribution in [0.1, 0.15) is 22.2 Å². The molecule has 0 radical (unpaired) electrons. The number of nitrogens with zero attached hydrogens (tertiary/aromatic N) is 19. The van der Waals surface area contributed by atoms with Gasteiger partial charge in [0.25, 0.3) is 0 Å². The van der Waals surface area contributed by atoms with Crippen molar-refractivity contribution in [1.82, 2.24) is 130 Å². The molecule has 17 aromatic heterocycles. The lowest BCUT2D eigenvalue weighted by atomic mass is 10.0. The van der Waals surface area contributed by atoms with E-state index in [1.807, 2.05) is 147 Å². The number of nitrogens with one attached hydrogen (secondary N) is 8. The first-order valence-electron chi connectivity index (χ1n) is 41.1. The van der Waals surface area contributed by atoms with Gasteiger partial charge in [0.05, 0.1) is 96.1 Å². The summed E-state index contributed by atoms with van der Waals surface area (Å²) in [6.07, 6.45) is 22.5. The molecule has 8 N–H and O–H groups in total. The van der Waals surface area contributed by atoms with Crippen molar-refractivity contribution < 1.29 is 26.7 Å². The van der Waals surface area contributed by atoms with Crippen LogP contribution < -0.4 is 4.90 Å². The molecule has 6 aromatic carbocycles. The fourth-order valence-corrected chi connectivity index (χ4v) is 17.4. The first-order valence-corrected chi connectivity index (χ1v) is 44.0. The minimum Gasteiger partial charge on any atom is -0.378 e. The number of morpholine rings is 1. The molecule has 31 nitrogen and oxygen atoms in total. The molecule has 0 bridgehead atoms. The summed E-state index contributed by atoms with van der Waals surface area (Å²) in [6.45, 7) is 4.61. The Kier molecular flexibility index (Phi) is 21.0. The number of hydrogen-bond donors (Lipinski definition) is 8. The number of sulfone groups is 1. The second kappa shape index (κ2) is 33.9. The predicted octanol–water partition coefficient (Wildman–Crippen LogP) is 18.0. The maximum absolute atomic E-state index is 14.5. The van der Waals surface area contributed by atoms with Crippen molar-refractivity contribution in [3.05, 3.63) is 279 Å². The topological polar surface area (TPSA) is 414 Å². The van der Waals surface area contributed by atoms with E-state index in [0.717, 1.165) is 169 Å². The summed E-state index contributed by atoms with van der Waals surface area (Å²) in [5, 5.41) is 38.4. The number of aromatic nitrogens is 26. The van der Waals surface area contributed by atoms with Crippen LogP contribution in [0.3, 0.4) is 0 Å². The molecule has 18 heterocycles. The van der Waals surface area contributed by atoms with Crippen molar-refractivity contribution in [1.29, 1.82) is 0 Å².